The highest BCUT2D eigenvalue weighted by Gasteiger charge is 2.30. The van der Waals surface area contributed by atoms with Crippen LogP contribution in [0.3, 0.4) is 0 Å². The van der Waals surface area contributed by atoms with Crippen LogP contribution in [0.1, 0.15) is 32.4 Å². The van der Waals surface area contributed by atoms with Crippen molar-refractivity contribution in [3.63, 3.8) is 0 Å². The van der Waals surface area contributed by atoms with Crippen LogP contribution in [0.15, 0.2) is 59.5 Å². The van der Waals surface area contributed by atoms with Gasteiger partial charge in [0.2, 0.25) is 5.91 Å². The molecule has 0 fully saturated rings. The zero-order chi connectivity index (χ0) is 18.4. The summed E-state index contributed by atoms with van der Waals surface area (Å²) in [5, 5.41) is 14.4. The number of aliphatic hydroxyl groups excluding tert-OH is 1. The SMILES string of the molecule is CC(C)(C)NC(=O)[C@H](CSc1ccccc1)[C@@H](O)c1ccc(Cl)cc1. The molecule has 0 spiro atoms. The highest BCUT2D eigenvalue weighted by molar-refractivity contribution is 7.99. The number of thioether (sulfide) groups is 1. The van der Waals surface area contributed by atoms with E-state index in [0.717, 1.165) is 4.90 Å². The quantitative estimate of drug-likeness (QED) is 0.717. The molecule has 3 nitrogen and oxygen atoms in total. The van der Waals surface area contributed by atoms with Crippen molar-refractivity contribution in [3.05, 3.63) is 65.2 Å². The van der Waals surface area contributed by atoms with Crippen molar-refractivity contribution in [1.29, 1.82) is 0 Å². The Kier molecular flexibility index (Phi) is 6.94. The molecule has 0 aliphatic heterocycles. The molecule has 134 valence electrons. The average molecular weight is 378 g/mol. The molecule has 0 aliphatic rings. The Morgan fingerprint density at radius 2 is 1.72 bits per heavy atom. The molecule has 0 radical (unpaired) electrons. The fourth-order valence-electron chi connectivity index (χ4n) is 2.37. The standard InChI is InChI=1S/C20H24ClNO2S/c1-20(2,3)22-19(24)17(13-25-16-7-5-4-6-8-16)18(23)14-9-11-15(21)12-10-14/h4-12,17-18,23H,13H2,1-3H3,(H,22,24)/t17-,18+/m1/s1. The topological polar surface area (TPSA) is 49.3 Å². The van der Waals surface area contributed by atoms with Gasteiger partial charge in [0.1, 0.15) is 0 Å². The first kappa shape index (κ1) is 19.8. The van der Waals surface area contributed by atoms with E-state index in [4.69, 9.17) is 11.6 Å². The van der Waals surface area contributed by atoms with Crippen molar-refractivity contribution in [2.45, 2.75) is 37.3 Å². The van der Waals surface area contributed by atoms with Gasteiger partial charge in [-0.3, -0.25) is 4.79 Å². The summed E-state index contributed by atoms with van der Waals surface area (Å²) in [4.78, 5) is 13.8. The van der Waals surface area contributed by atoms with Crippen molar-refractivity contribution >= 4 is 29.3 Å². The molecule has 2 aromatic carbocycles. The van der Waals surface area contributed by atoms with Gasteiger partial charge in [0.15, 0.2) is 0 Å². The first-order valence-electron chi connectivity index (χ1n) is 8.20. The van der Waals surface area contributed by atoms with E-state index in [-0.39, 0.29) is 11.4 Å². The first-order valence-corrected chi connectivity index (χ1v) is 9.56. The molecule has 0 saturated carbocycles. The van der Waals surface area contributed by atoms with Gasteiger partial charge in [-0.2, -0.15) is 0 Å². The molecule has 25 heavy (non-hydrogen) atoms. The number of hydrogen-bond acceptors (Lipinski definition) is 3. The van der Waals surface area contributed by atoms with E-state index < -0.39 is 12.0 Å². The number of nitrogens with one attached hydrogen (secondary N) is 1. The Morgan fingerprint density at radius 3 is 2.28 bits per heavy atom. The van der Waals surface area contributed by atoms with Gasteiger partial charge in [-0.05, 0) is 50.6 Å². The van der Waals surface area contributed by atoms with Crippen LogP contribution in [0.4, 0.5) is 0 Å². The van der Waals surface area contributed by atoms with Gasteiger partial charge in [0.05, 0.1) is 12.0 Å². The predicted octanol–water partition coefficient (Wildman–Crippen LogP) is 4.70. The van der Waals surface area contributed by atoms with Crippen molar-refractivity contribution in [1.82, 2.24) is 5.32 Å². The summed E-state index contributed by atoms with van der Waals surface area (Å²) in [6, 6.07) is 16.8. The molecule has 2 N–H and O–H groups in total. The Hall–Kier alpha value is -1.49. The molecule has 1 amide bonds. The molecule has 0 saturated heterocycles. The summed E-state index contributed by atoms with van der Waals surface area (Å²) in [5.74, 6) is -0.237. The summed E-state index contributed by atoms with van der Waals surface area (Å²) in [5.41, 5.74) is 0.332. The van der Waals surface area contributed by atoms with Crippen LogP contribution in [-0.4, -0.2) is 22.3 Å². The van der Waals surface area contributed by atoms with E-state index in [2.05, 4.69) is 5.32 Å². The van der Waals surface area contributed by atoms with E-state index in [1.54, 1.807) is 36.0 Å². The Bertz CT molecular complexity index is 683. The molecule has 0 aromatic heterocycles. The maximum atomic E-state index is 12.8. The zero-order valence-electron chi connectivity index (χ0n) is 14.7. The minimum Gasteiger partial charge on any atom is -0.388 e. The summed E-state index contributed by atoms with van der Waals surface area (Å²) < 4.78 is 0. The van der Waals surface area contributed by atoms with E-state index in [1.807, 2.05) is 51.1 Å². The number of rotatable bonds is 6. The van der Waals surface area contributed by atoms with Gasteiger partial charge in [0, 0.05) is 21.2 Å². The second kappa shape index (κ2) is 8.75. The van der Waals surface area contributed by atoms with Crippen LogP contribution >= 0.6 is 23.4 Å². The minimum atomic E-state index is -0.893. The Labute approximate surface area is 158 Å². The summed E-state index contributed by atoms with van der Waals surface area (Å²) >= 11 is 7.48. The fraction of sp³-hybridized carbons (Fsp3) is 0.350. The highest BCUT2D eigenvalue weighted by Crippen LogP contribution is 2.30. The average Bonchev–Trinajstić information content (AvgIpc) is 2.55. The van der Waals surface area contributed by atoms with Gasteiger partial charge >= 0.3 is 0 Å². The molecule has 0 heterocycles. The Balaban J connectivity index is 2.18. The Morgan fingerprint density at radius 1 is 1.12 bits per heavy atom. The summed E-state index contributed by atoms with van der Waals surface area (Å²) in [7, 11) is 0. The van der Waals surface area contributed by atoms with Crippen molar-refractivity contribution < 1.29 is 9.90 Å². The molecule has 2 rings (SSSR count). The second-order valence-corrected chi connectivity index (χ2v) is 8.50. The third kappa shape index (κ3) is 6.38. The van der Waals surface area contributed by atoms with Gasteiger partial charge in [-0.15, -0.1) is 11.8 Å². The van der Waals surface area contributed by atoms with Gasteiger partial charge in [-0.1, -0.05) is 41.9 Å². The fourth-order valence-corrected chi connectivity index (χ4v) is 3.55. The predicted molar refractivity (Wildman–Crippen MR) is 105 cm³/mol. The lowest BCUT2D eigenvalue weighted by molar-refractivity contribution is -0.129. The van der Waals surface area contributed by atoms with Crippen molar-refractivity contribution in [2.75, 3.05) is 5.75 Å². The number of carbonyl (C=O) groups excluding carboxylic acids is 1. The van der Waals surface area contributed by atoms with Crippen LogP contribution in [0.2, 0.25) is 5.02 Å². The first-order chi connectivity index (χ1) is 11.8. The smallest absolute Gasteiger partial charge is 0.227 e. The lowest BCUT2D eigenvalue weighted by Gasteiger charge is -2.27. The number of amides is 1. The molecule has 0 unspecified atom stereocenters. The number of carbonyl (C=O) groups is 1. The van der Waals surface area contributed by atoms with Gasteiger partial charge < -0.3 is 10.4 Å². The zero-order valence-corrected chi connectivity index (χ0v) is 16.3. The van der Waals surface area contributed by atoms with E-state index in [0.29, 0.717) is 16.3 Å². The van der Waals surface area contributed by atoms with E-state index in [9.17, 15) is 9.90 Å². The number of benzene rings is 2. The van der Waals surface area contributed by atoms with Gasteiger partial charge in [-0.25, -0.2) is 0 Å². The molecular weight excluding hydrogens is 354 g/mol. The summed E-state index contributed by atoms with van der Waals surface area (Å²) in [6.45, 7) is 5.79. The number of hydrogen-bond donors (Lipinski definition) is 2. The molecule has 2 atom stereocenters. The van der Waals surface area contributed by atoms with Crippen LogP contribution in [0.5, 0.6) is 0 Å². The molecule has 5 heteroatoms. The van der Waals surface area contributed by atoms with Crippen molar-refractivity contribution in [2.24, 2.45) is 5.92 Å². The van der Waals surface area contributed by atoms with E-state index >= 15 is 0 Å². The van der Waals surface area contributed by atoms with E-state index in [1.165, 1.54) is 0 Å². The lowest BCUT2D eigenvalue weighted by atomic mass is 9.95. The maximum Gasteiger partial charge on any atom is 0.227 e. The minimum absolute atomic E-state index is 0.154. The monoisotopic (exact) mass is 377 g/mol. The lowest BCUT2D eigenvalue weighted by Crippen LogP contribution is -2.46. The third-order valence-electron chi connectivity index (χ3n) is 3.60. The van der Waals surface area contributed by atoms with Crippen LogP contribution in [-0.2, 0) is 4.79 Å². The number of aliphatic hydroxyl groups is 1. The molecule has 0 bridgehead atoms. The second-order valence-electron chi connectivity index (χ2n) is 6.97. The van der Waals surface area contributed by atoms with Crippen LogP contribution in [0, 0.1) is 5.92 Å². The normalized spacial score (nSPS) is 14.0. The third-order valence-corrected chi connectivity index (χ3v) is 4.98. The van der Waals surface area contributed by atoms with Crippen molar-refractivity contribution in [3.8, 4) is 0 Å². The van der Waals surface area contributed by atoms with Crippen LogP contribution < -0.4 is 5.32 Å². The molecular formula is C20H24ClNO2S. The largest absolute Gasteiger partial charge is 0.388 e. The number of halogens is 1. The molecule has 2 aromatic rings. The maximum absolute atomic E-state index is 12.8. The van der Waals surface area contributed by atoms with Crippen LogP contribution in [0.25, 0.3) is 0 Å². The van der Waals surface area contributed by atoms with Gasteiger partial charge in [0.25, 0.3) is 0 Å². The summed E-state index contributed by atoms with van der Waals surface area (Å²) in [6.07, 6.45) is -0.893. The highest BCUT2D eigenvalue weighted by atomic mass is 35.5. The molecule has 0 aliphatic carbocycles.